The highest BCUT2D eigenvalue weighted by Crippen LogP contribution is 2.20. The smallest absolute Gasteiger partial charge is 0.127 e. The third-order valence-corrected chi connectivity index (χ3v) is 3.52. The van der Waals surface area contributed by atoms with Crippen molar-refractivity contribution in [1.29, 1.82) is 0 Å². The zero-order chi connectivity index (χ0) is 14.3. The lowest BCUT2D eigenvalue weighted by Gasteiger charge is -2.26. The molecule has 0 radical (unpaired) electrons. The monoisotopic (exact) mass is 268 g/mol. The first-order chi connectivity index (χ1) is 9.10. The Hall–Kier alpha value is -0.970. The second-order valence-electron chi connectivity index (χ2n) is 4.93. The molecule has 3 nitrogen and oxygen atoms in total. The average molecular weight is 268 g/mol. The van der Waals surface area contributed by atoms with Crippen LogP contribution >= 0.6 is 0 Å². The Morgan fingerprint density at radius 1 is 1.37 bits per heavy atom. The van der Waals surface area contributed by atoms with Crippen LogP contribution in [0.2, 0.25) is 0 Å². The van der Waals surface area contributed by atoms with E-state index in [4.69, 9.17) is 5.11 Å². The zero-order valence-electron chi connectivity index (χ0n) is 12.1. The summed E-state index contributed by atoms with van der Waals surface area (Å²) in [5.74, 6) is -0.161. The Bertz CT molecular complexity index is 373. The van der Waals surface area contributed by atoms with Gasteiger partial charge in [0, 0.05) is 24.2 Å². The number of nitrogens with one attached hydrogen (secondary N) is 1. The van der Waals surface area contributed by atoms with E-state index in [0.717, 1.165) is 25.1 Å². The first-order valence-electron chi connectivity index (χ1n) is 6.89. The van der Waals surface area contributed by atoms with Crippen LogP contribution in [-0.2, 0) is 0 Å². The van der Waals surface area contributed by atoms with Gasteiger partial charge in [-0.15, -0.1) is 0 Å². The van der Waals surface area contributed by atoms with Crippen LogP contribution in [0.5, 0.6) is 0 Å². The lowest BCUT2D eigenvalue weighted by molar-refractivity contribution is 0.154. The number of aliphatic hydroxyl groups is 1. The summed E-state index contributed by atoms with van der Waals surface area (Å²) in [4.78, 5) is 2.09. The minimum atomic E-state index is -0.161. The van der Waals surface area contributed by atoms with Crippen LogP contribution in [0.3, 0.4) is 0 Å². The third kappa shape index (κ3) is 4.90. The number of benzene rings is 1. The molecule has 0 amide bonds. The molecule has 108 valence electrons. The van der Waals surface area contributed by atoms with Gasteiger partial charge in [-0.1, -0.05) is 25.1 Å². The van der Waals surface area contributed by atoms with Crippen LogP contribution in [0.25, 0.3) is 0 Å². The van der Waals surface area contributed by atoms with Crippen molar-refractivity contribution in [2.45, 2.75) is 32.4 Å². The van der Waals surface area contributed by atoms with Crippen LogP contribution in [0.1, 0.15) is 31.9 Å². The summed E-state index contributed by atoms with van der Waals surface area (Å²) >= 11 is 0. The summed E-state index contributed by atoms with van der Waals surface area (Å²) < 4.78 is 13.8. The van der Waals surface area contributed by atoms with Gasteiger partial charge in [0.1, 0.15) is 5.82 Å². The Morgan fingerprint density at radius 2 is 2.05 bits per heavy atom. The normalized spacial score (nSPS) is 14.6. The van der Waals surface area contributed by atoms with E-state index in [1.165, 1.54) is 6.07 Å². The highest BCUT2D eigenvalue weighted by atomic mass is 19.1. The number of halogens is 1. The molecule has 0 saturated carbocycles. The molecular formula is C15H25FN2O. The molecule has 0 heterocycles. The summed E-state index contributed by atoms with van der Waals surface area (Å²) in [7, 11) is 1.98. The highest BCUT2D eigenvalue weighted by molar-refractivity contribution is 5.21. The van der Waals surface area contributed by atoms with Gasteiger partial charge in [-0.05, 0) is 33.0 Å². The maximum absolute atomic E-state index is 13.8. The minimum absolute atomic E-state index is 0.0135. The van der Waals surface area contributed by atoms with Crippen molar-refractivity contribution in [2.24, 2.45) is 0 Å². The van der Waals surface area contributed by atoms with Gasteiger partial charge in [-0.25, -0.2) is 4.39 Å². The molecule has 0 saturated heterocycles. The van der Waals surface area contributed by atoms with Crippen molar-refractivity contribution in [2.75, 3.05) is 26.7 Å². The fourth-order valence-corrected chi connectivity index (χ4v) is 2.06. The Kier molecular flexibility index (Phi) is 6.99. The van der Waals surface area contributed by atoms with Crippen molar-refractivity contribution in [3.63, 3.8) is 0 Å². The molecule has 0 aliphatic heterocycles. The molecule has 2 atom stereocenters. The predicted molar refractivity (Wildman–Crippen MR) is 76.6 cm³/mol. The minimum Gasteiger partial charge on any atom is -0.395 e. The fourth-order valence-electron chi connectivity index (χ4n) is 2.06. The van der Waals surface area contributed by atoms with E-state index in [9.17, 15) is 4.39 Å². The maximum Gasteiger partial charge on any atom is 0.127 e. The SMILES string of the molecule is CCNC(CCN(C)C(C)CO)c1ccccc1F. The number of nitrogens with zero attached hydrogens (tertiary/aromatic N) is 1. The largest absolute Gasteiger partial charge is 0.395 e. The molecule has 1 aromatic rings. The van der Waals surface area contributed by atoms with E-state index in [-0.39, 0.29) is 24.5 Å². The molecule has 2 unspecified atom stereocenters. The Morgan fingerprint density at radius 3 is 2.63 bits per heavy atom. The average Bonchev–Trinajstić information content (AvgIpc) is 2.43. The van der Waals surface area contributed by atoms with Crippen molar-refractivity contribution in [3.05, 3.63) is 35.6 Å². The summed E-state index contributed by atoms with van der Waals surface area (Å²) in [6.07, 6.45) is 0.815. The highest BCUT2D eigenvalue weighted by Gasteiger charge is 2.16. The molecular weight excluding hydrogens is 243 g/mol. The molecule has 0 aromatic heterocycles. The fraction of sp³-hybridized carbons (Fsp3) is 0.600. The molecule has 0 aliphatic carbocycles. The quantitative estimate of drug-likeness (QED) is 0.758. The van der Waals surface area contributed by atoms with Crippen LogP contribution in [0, 0.1) is 5.82 Å². The lowest BCUT2D eigenvalue weighted by atomic mass is 10.0. The molecule has 0 bridgehead atoms. The molecule has 1 rings (SSSR count). The molecule has 0 aliphatic rings. The first-order valence-corrected chi connectivity index (χ1v) is 6.89. The van der Waals surface area contributed by atoms with Crippen LogP contribution in [-0.4, -0.2) is 42.8 Å². The molecule has 0 spiro atoms. The zero-order valence-corrected chi connectivity index (χ0v) is 12.1. The summed E-state index contributed by atoms with van der Waals surface area (Å²) in [6, 6.07) is 7.05. The maximum atomic E-state index is 13.8. The lowest BCUT2D eigenvalue weighted by Crippen LogP contribution is -2.35. The van der Waals surface area contributed by atoms with Gasteiger partial charge in [-0.2, -0.15) is 0 Å². The third-order valence-electron chi connectivity index (χ3n) is 3.52. The summed E-state index contributed by atoms with van der Waals surface area (Å²) in [5, 5.41) is 12.4. The van der Waals surface area contributed by atoms with Gasteiger partial charge in [0.05, 0.1) is 6.61 Å². The number of hydrogen-bond donors (Lipinski definition) is 2. The number of likely N-dealkylation sites (N-methyl/N-ethyl adjacent to an activating group) is 1. The first kappa shape index (κ1) is 16.1. The second-order valence-corrected chi connectivity index (χ2v) is 4.93. The number of hydrogen-bond acceptors (Lipinski definition) is 3. The standard InChI is InChI=1S/C15H25FN2O/c1-4-17-15(9-10-18(3)12(2)11-19)13-7-5-6-8-14(13)16/h5-8,12,15,17,19H,4,9-11H2,1-3H3. The molecule has 4 heteroatoms. The second kappa shape index (κ2) is 8.25. The molecule has 0 fully saturated rings. The number of rotatable bonds is 8. The van der Waals surface area contributed by atoms with E-state index in [1.807, 2.05) is 33.0 Å². The van der Waals surface area contributed by atoms with Gasteiger partial charge in [0.25, 0.3) is 0 Å². The Balaban J connectivity index is 2.66. The van der Waals surface area contributed by atoms with E-state index in [1.54, 1.807) is 6.07 Å². The van der Waals surface area contributed by atoms with Crippen LogP contribution in [0.15, 0.2) is 24.3 Å². The van der Waals surface area contributed by atoms with Gasteiger partial charge in [0.15, 0.2) is 0 Å². The molecule has 1 aromatic carbocycles. The van der Waals surface area contributed by atoms with Crippen molar-refractivity contribution in [3.8, 4) is 0 Å². The van der Waals surface area contributed by atoms with E-state index >= 15 is 0 Å². The molecule has 19 heavy (non-hydrogen) atoms. The van der Waals surface area contributed by atoms with Crippen LogP contribution in [0.4, 0.5) is 4.39 Å². The topological polar surface area (TPSA) is 35.5 Å². The van der Waals surface area contributed by atoms with E-state index in [0.29, 0.717) is 0 Å². The summed E-state index contributed by atoms with van der Waals surface area (Å²) in [5.41, 5.74) is 0.717. The molecule has 2 N–H and O–H groups in total. The van der Waals surface area contributed by atoms with Gasteiger partial charge in [-0.3, -0.25) is 0 Å². The van der Waals surface area contributed by atoms with Gasteiger partial charge in [0.2, 0.25) is 0 Å². The van der Waals surface area contributed by atoms with Crippen molar-refractivity contribution in [1.82, 2.24) is 10.2 Å². The summed E-state index contributed by atoms with van der Waals surface area (Å²) in [6.45, 7) is 5.76. The van der Waals surface area contributed by atoms with Gasteiger partial charge >= 0.3 is 0 Å². The van der Waals surface area contributed by atoms with Gasteiger partial charge < -0.3 is 15.3 Å². The van der Waals surface area contributed by atoms with Crippen LogP contribution < -0.4 is 5.32 Å². The Labute approximate surface area is 115 Å². The van der Waals surface area contributed by atoms with E-state index in [2.05, 4.69) is 10.2 Å². The predicted octanol–water partition coefficient (Wildman–Crippen LogP) is 2.18. The van der Waals surface area contributed by atoms with Crippen molar-refractivity contribution >= 4 is 0 Å². The van der Waals surface area contributed by atoms with Crippen molar-refractivity contribution < 1.29 is 9.50 Å². The number of aliphatic hydroxyl groups excluding tert-OH is 1. The van der Waals surface area contributed by atoms with E-state index < -0.39 is 0 Å².